The Bertz CT molecular complexity index is 1420. The Labute approximate surface area is 214 Å². The highest BCUT2D eigenvalue weighted by molar-refractivity contribution is 6.30. The van der Waals surface area contributed by atoms with Gasteiger partial charge in [-0.2, -0.15) is 4.98 Å². The molecule has 1 fully saturated rings. The molecule has 1 aliphatic rings. The molecule has 0 aliphatic carbocycles. The Kier molecular flexibility index (Phi) is 6.61. The molecular formula is C27H27ClN6O2. The van der Waals surface area contributed by atoms with Crippen LogP contribution in [0.1, 0.15) is 11.1 Å². The molecule has 2 aromatic heterocycles. The standard InChI is InChI=1S/C27H27ClN6O2/c1-17-3-4-19(15-18(17)2)22-9-10-23-25(30-22)26(32-27(29)31-23)34-13-11-33(12-14-34)24(35)16-36-21-7-5-20(28)6-8-21/h3-10,15H,11-14,16H2,1-2H3,(H2,29,31,32). The molecule has 0 radical (unpaired) electrons. The van der Waals surface area contributed by atoms with Gasteiger partial charge in [0.25, 0.3) is 5.91 Å². The van der Waals surface area contributed by atoms with E-state index in [-0.39, 0.29) is 18.5 Å². The fourth-order valence-corrected chi connectivity index (χ4v) is 4.36. The van der Waals surface area contributed by atoms with E-state index in [2.05, 4.69) is 46.9 Å². The van der Waals surface area contributed by atoms with Crippen molar-refractivity contribution in [3.63, 3.8) is 0 Å². The lowest BCUT2D eigenvalue weighted by molar-refractivity contribution is -0.133. The molecule has 0 unspecified atom stereocenters. The number of nitrogen functional groups attached to an aromatic ring is 1. The summed E-state index contributed by atoms with van der Waals surface area (Å²) in [5, 5.41) is 0.623. The number of hydrogen-bond acceptors (Lipinski definition) is 7. The molecule has 1 saturated heterocycles. The number of hydrogen-bond donors (Lipinski definition) is 1. The molecule has 9 heteroatoms. The smallest absolute Gasteiger partial charge is 0.260 e. The van der Waals surface area contributed by atoms with E-state index in [1.807, 2.05) is 12.1 Å². The lowest BCUT2D eigenvalue weighted by Gasteiger charge is -2.35. The monoisotopic (exact) mass is 502 g/mol. The Morgan fingerprint density at radius 3 is 2.42 bits per heavy atom. The highest BCUT2D eigenvalue weighted by Gasteiger charge is 2.24. The van der Waals surface area contributed by atoms with Crippen molar-refractivity contribution in [2.75, 3.05) is 43.4 Å². The third-order valence-corrected chi connectivity index (χ3v) is 6.70. The molecule has 1 amide bonds. The van der Waals surface area contributed by atoms with Crippen LogP contribution in [0.25, 0.3) is 22.3 Å². The summed E-state index contributed by atoms with van der Waals surface area (Å²) in [7, 11) is 0. The van der Waals surface area contributed by atoms with E-state index < -0.39 is 0 Å². The maximum Gasteiger partial charge on any atom is 0.260 e. The average molecular weight is 503 g/mol. The zero-order chi connectivity index (χ0) is 25.2. The van der Waals surface area contributed by atoms with Crippen LogP contribution < -0.4 is 15.4 Å². The number of carbonyl (C=O) groups excluding carboxylic acids is 1. The number of fused-ring (bicyclic) bond motifs is 1. The van der Waals surface area contributed by atoms with E-state index in [1.165, 1.54) is 11.1 Å². The fraction of sp³-hybridized carbons (Fsp3) is 0.259. The fourth-order valence-electron chi connectivity index (χ4n) is 4.23. The zero-order valence-corrected chi connectivity index (χ0v) is 21.0. The third kappa shape index (κ3) is 5.04. The molecule has 0 saturated carbocycles. The van der Waals surface area contributed by atoms with E-state index >= 15 is 0 Å². The van der Waals surface area contributed by atoms with Gasteiger partial charge in [0.05, 0.1) is 11.2 Å². The number of piperazine rings is 1. The summed E-state index contributed by atoms with van der Waals surface area (Å²) in [5.74, 6) is 1.44. The molecule has 5 rings (SSSR count). The van der Waals surface area contributed by atoms with Crippen LogP contribution in [0.5, 0.6) is 5.75 Å². The van der Waals surface area contributed by atoms with Crippen LogP contribution in [0.4, 0.5) is 11.8 Å². The predicted octanol–water partition coefficient (Wildman–Crippen LogP) is 4.27. The lowest BCUT2D eigenvalue weighted by Crippen LogP contribution is -2.50. The molecule has 8 nitrogen and oxygen atoms in total. The van der Waals surface area contributed by atoms with Crippen molar-refractivity contribution >= 4 is 40.3 Å². The van der Waals surface area contributed by atoms with Crippen LogP contribution in [0.3, 0.4) is 0 Å². The van der Waals surface area contributed by atoms with Gasteiger partial charge >= 0.3 is 0 Å². The Hall–Kier alpha value is -3.91. The molecule has 184 valence electrons. The number of aromatic nitrogens is 3. The van der Waals surface area contributed by atoms with Gasteiger partial charge in [-0.1, -0.05) is 23.7 Å². The molecule has 0 bridgehead atoms. The van der Waals surface area contributed by atoms with Crippen LogP contribution in [0.2, 0.25) is 5.02 Å². The highest BCUT2D eigenvalue weighted by Crippen LogP contribution is 2.28. The van der Waals surface area contributed by atoms with Crippen LogP contribution in [-0.4, -0.2) is 58.5 Å². The molecule has 2 N–H and O–H groups in total. The number of ether oxygens (including phenoxy) is 1. The van der Waals surface area contributed by atoms with Crippen molar-refractivity contribution in [1.82, 2.24) is 19.9 Å². The first-order valence-electron chi connectivity index (χ1n) is 11.8. The van der Waals surface area contributed by atoms with Crippen molar-refractivity contribution in [3.8, 4) is 17.0 Å². The molecular weight excluding hydrogens is 476 g/mol. The first kappa shape index (κ1) is 23.8. The van der Waals surface area contributed by atoms with Crippen LogP contribution in [-0.2, 0) is 4.79 Å². The number of pyridine rings is 1. The van der Waals surface area contributed by atoms with E-state index in [0.717, 1.165) is 11.3 Å². The molecule has 4 aromatic rings. The number of carbonyl (C=O) groups is 1. The van der Waals surface area contributed by atoms with E-state index in [9.17, 15) is 4.79 Å². The van der Waals surface area contributed by atoms with Gasteiger partial charge in [-0.15, -0.1) is 0 Å². The number of halogens is 1. The number of anilines is 2. The Balaban J connectivity index is 1.32. The lowest BCUT2D eigenvalue weighted by atomic mass is 10.0. The highest BCUT2D eigenvalue weighted by atomic mass is 35.5. The van der Waals surface area contributed by atoms with Gasteiger partial charge in [-0.25, -0.2) is 9.97 Å². The largest absolute Gasteiger partial charge is 0.484 e. The molecule has 0 spiro atoms. The van der Waals surface area contributed by atoms with Gasteiger partial charge in [0.1, 0.15) is 11.3 Å². The second-order valence-corrected chi connectivity index (χ2v) is 9.32. The number of rotatable bonds is 5. The number of nitrogens with zero attached hydrogens (tertiary/aromatic N) is 5. The SMILES string of the molecule is Cc1ccc(-c2ccc3nc(N)nc(N4CCN(C(=O)COc5ccc(Cl)cc5)CC4)c3n2)cc1C. The Morgan fingerprint density at radius 2 is 1.69 bits per heavy atom. The zero-order valence-electron chi connectivity index (χ0n) is 20.2. The Morgan fingerprint density at radius 1 is 0.944 bits per heavy atom. The molecule has 3 heterocycles. The van der Waals surface area contributed by atoms with Crippen LogP contribution in [0, 0.1) is 13.8 Å². The van der Waals surface area contributed by atoms with Gasteiger partial charge in [0.2, 0.25) is 5.95 Å². The summed E-state index contributed by atoms with van der Waals surface area (Å²) in [6.45, 7) is 6.47. The van der Waals surface area contributed by atoms with E-state index in [0.29, 0.717) is 53.8 Å². The molecule has 0 atom stereocenters. The summed E-state index contributed by atoms with van der Waals surface area (Å²) in [6, 6.07) is 17.2. The summed E-state index contributed by atoms with van der Waals surface area (Å²) in [5.41, 5.74) is 11.8. The van der Waals surface area contributed by atoms with Crippen molar-refractivity contribution in [3.05, 3.63) is 70.7 Å². The quantitative estimate of drug-likeness (QED) is 0.435. The first-order chi connectivity index (χ1) is 17.4. The first-order valence-corrected chi connectivity index (χ1v) is 12.2. The number of benzene rings is 2. The summed E-state index contributed by atoms with van der Waals surface area (Å²) in [6.07, 6.45) is 0. The second kappa shape index (κ2) is 9.99. The van der Waals surface area contributed by atoms with Gasteiger partial charge in [0, 0.05) is 36.8 Å². The minimum Gasteiger partial charge on any atom is -0.484 e. The van der Waals surface area contributed by atoms with Gasteiger partial charge in [-0.3, -0.25) is 4.79 Å². The van der Waals surface area contributed by atoms with Gasteiger partial charge < -0.3 is 20.3 Å². The predicted molar refractivity (Wildman–Crippen MR) is 142 cm³/mol. The summed E-state index contributed by atoms with van der Waals surface area (Å²) in [4.78, 5) is 30.5. The van der Waals surface area contributed by atoms with E-state index in [4.69, 9.17) is 27.1 Å². The van der Waals surface area contributed by atoms with Crippen molar-refractivity contribution in [2.45, 2.75) is 13.8 Å². The van der Waals surface area contributed by atoms with Crippen molar-refractivity contribution < 1.29 is 9.53 Å². The maximum absolute atomic E-state index is 12.7. The summed E-state index contributed by atoms with van der Waals surface area (Å²) >= 11 is 5.90. The molecule has 2 aromatic carbocycles. The topological polar surface area (TPSA) is 97.5 Å². The minimum absolute atomic E-state index is 0.0219. The summed E-state index contributed by atoms with van der Waals surface area (Å²) < 4.78 is 5.62. The maximum atomic E-state index is 12.7. The normalized spacial score (nSPS) is 13.8. The van der Waals surface area contributed by atoms with Gasteiger partial charge in [0.15, 0.2) is 12.4 Å². The molecule has 1 aliphatic heterocycles. The van der Waals surface area contributed by atoms with Crippen LogP contribution >= 0.6 is 11.6 Å². The third-order valence-electron chi connectivity index (χ3n) is 6.45. The van der Waals surface area contributed by atoms with E-state index in [1.54, 1.807) is 29.2 Å². The number of nitrogens with two attached hydrogens (primary N) is 1. The molecule has 36 heavy (non-hydrogen) atoms. The number of aryl methyl sites for hydroxylation is 2. The number of amides is 1. The second-order valence-electron chi connectivity index (χ2n) is 8.88. The van der Waals surface area contributed by atoms with Crippen molar-refractivity contribution in [2.24, 2.45) is 0 Å². The minimum atomic E-state index is -0.0631. The van der Waals surface area contributed by atoms with Crippen LogP contribution in [0.15, 0.2) is 54.6 Å². The van der Waals surface area contributed by atoms with Gasteiger partial charge in [-0.05, 0) is 67.4 Å². The average Bonchev–Trinajstić information content (AvgIpc) is 2.89. The van der Waals surface area contributed by atoms with Crippen molar-refractivity contribution in [1.29, 1.82) is 0 Å².